The number of carbonyl (C=O) groups is 1. The molecule has 23 heavy (non-hydrogen) atoms. The molecule has 2 aromatic carbocycles. The van der Waals surface area contributed by atoms with Gasteiger partial charge in [-0.2, -0.15) is 0 Å². The van der Waals surface area contributed by atoms with Crippen LogP contribution >= 0.6 is 0 Å². The molecule has 5 nitrogen and oxygen atoms in total. The minimum Gasteiger partial charge on any atom is -0.493 e. The van der Waals surface area contributed by atoms with E-state index >= 15 is 0 Å². The third-order valence-corrected chi connectivity index (χ3v) is 3.41. The van der Waals surface area contributed by atoms with Crippen LogP contribution in [0.3, 0.4) is 0 Å². The van der Waals surface area contributed by atoms with Gasteiger partial charge in [0.05, 0.1) is 14.2 Å². The van der Waals surface area contributed by atoms with Crippen LogP contribution in [0, 0.1) is 0 Å². The molecule has 0 fully saturated rings. The lowest BCUT2D eigenvalue weighted by molar-refractivity contribution is -0.132. The van der Waals surface area contributed by atoms with E-state index in [9.17, 15) is 4.79 Å². The third-order valence-electron chi connectivity index (χ3n) is 3.41. The summed E-state index contributed by atoms with van der Waals surface area (Å²) < 4.78 is 16.1. The van der Waals surface area contributed by atoms with E-state index in [2.05, 4.69) is 0 Å². The average molecular weight is 315 g/mol. The summed E-state index contributed by atoms with van der Waals surface area (Å²) in [5, 5.41) is 0. The smallest absolute Gasteiger partial charge is 0.260 e. The van der Waals surface area contributed by atoms with Gasteiger partial charge in [-0.15, -0.1) is 0 Å². The maximum atomic E-state index is 12.2. The van der Waals surface area contributed by atoms with Gasteiger partial charge in [-0.3, -0.25) is 4.79 Å². The van der Waals surface area contributed by atoms with Gasteiger partial charge >= 0.3 is 0 Å². The molecule has 0 N–H and O–H groups in total. The zero-order valence-electron chi connectivity index (χ0n) is 13.6. The molecule has 0 aliphatic rings. The van der Waals surface area contributed by atoms with Crippen molar-refractivity contribution in [3.8, 4) is 17.2 Å². The van der Waals surface area contributed by atoms with E-state index in [4.69, 9.17) is 14.2 Å². The van der Waals surface area contributed by atoms with E-state index in [-0.39, 0.29) is 12.5 Å². The highest BCUT2D eigenvalue weighted by atomic mass is 16.5. The van der Waals surface area contributed by atoms with E-state index in [0.717, 1.165) is 5.56 Å². The van der Waals surface area contributed by atoms with Crippen molar-refractivity contribution in [3.63, 3.8) is 0 Å². The summed E-state index contributed by atoms with van der Waals surface area (Å²) in [5.41, 5.74) is 1.07. The van der Waals surface area contributed by atoms with Gasteiger partial charge in [-0.05, 0) is 17.7 Å². The van der Waals surface area contributed by atoms with Crippen LogP contribution in [0.5, 0.6) is 17.2 Å². The number of carbonyl (C=O) groups excluding carboxylic acids is 1. The molecule has 0 saturated heterocycles. The fourth-order valence-electron chi connectivity index (χ4n) is 2.17. The first-order valence-electron chi connectivity index (χ1n) is 7.27. The molecule has 0 unspecified atom stereocenters. The van der Waals surface area contributed by atoms with Crippen LogP contribution in [-0.2, 0) is 11.3 Å². The first-order valence-corrected chi connectivity index (χ1v) is 7.27. The first kappa shape index (κ1) is 16.7. The molecule has 0 saturated carbocycles. The van der Waals surface area contributed by atoms with E-state index < -0.39 is 0 Å². The average Bonchev–Trinajstić information content (AvgIpc) is 2.59. The van der Waals surface area contributed by atoms with Crippen molar-refractivity contribution in [3.05, 3.63) is 54.1 Å². The number of methoxy groups -OCH3 is 2. The first-order chi connectivity index (χ1) is 11.2. The molecular formula is C18H21NO4. The monoisotopic (exact) mass is 315 g/mol. The van der Waals surface area contributed by atoms with Crippen LogP contribution in [0.4, 0.5) is 0 Å². The van der Waals surface area contributed by atoms with Crippen molar-refractivity contribution >= 4 is 5.91 Å². The van der Waals surface area contributed by atoms with Gasteiger partial charge in [-0.1, -0.05) is 36.4 Å². The molecule has 0 aromatic heterocycles. The minimum atomic E-state index is -0.112. The van der Waals surface area contributed by atoms with Crippen LogP contribution in [0.1, 0.15) is 5.56 Å². The fourth-order valence-corrected chi connectivity index (χ4v) is 2.17. The normalized spacial score (nSPS) is 10.0. The van der Waals surface area contributed by atoms with Crippen molar-refractivity contribution < 1.29 is 19.0 Å². The number of hydrogen-bond donors (Lipinski definition) is 0. The van der Waals surface area contributed by atoms with Gasteiger partial charge in [0.15, 0.2) is 18.1 Å². The van der Waals surface area contributed by atoms with Gasteiger partial charge < -0.3 is 19.1 Å². The number of hydrogen-bond acceptors (Lipinski definition) is 4. The molecule has 2 aromatic rings. The number of benzene rings is 2. The van der Waals surface area contributed by atoms with Gasteiger partial charge in [0.1, 0.15) is 0 Å². The number of amides is 1. The molecule has 0 bridgehead atoms. The van der Waals surface area contributed by atoms with Crippen molar-refractivity contribution in [1.82, 2.24) is 4.90 Å². The Morgan fingerprint density at radius 3 is 2.30 bits per heavy atom. The Hall–Kier alpha value is -2.69. The summed E-state index contributed by atoms with van der Waals surface area (Å²) in [6, 6.07) is 15.1. The van der Waals surface area contributed by atoms with Crippen LogP contribution in [-0.4, -0.2) is 38.7 Å². The van der Waals surface area contributed by atoms with Crippen LogP contribution in [0.25, 0.3) is 0 Å². The minimum absolute atomic E-state index is 0.0626. The van der Waals surface area contributed by atoms with Crippen molar-refractivity contribution in [2.75, 3.05) is 27.9 Å². The fraction of sp³-hybridized carbons (Fsp3) is 0.278. The Morgan fingerprint density at radius 2 is 1.65 bits per heavy atom. The Bertz CT molecular complexity index is 643. The summed E-state index contributed by atoms with van der Waals surface area (Å²) in [7, 11) is 4.84. The van der Waals surface area contributed by atoms with Crippen LogP contribution in [0.15, 0.2) is 48.5 Å². The van der Waals surface area contributed by atoms with E-state index in [1.807, 2.05) is 30.3 Å². The van der Waals surface area contributed by atoms with E-state index in [1.54, 1.807) is 37.3 Å². The largest absolute Gasteiger partial charge is 0.493 e. The standard InChI is InChI=1S/C18H21NO4/c1-19(12-14-8-5-4-6-9-14)17(20)13-23-16-11-7-10-15(21-2)18(16)22-3/h4-11H,12-13H2,1-3H3. The lowest BCUT2D eigenvalue weighted by Gasteiger charge is -2.18. The second kappa shape index (κ2) is 8.08. The number of nitrogens with zero attached hydrogens (tertiary/aromatic N) is 1. The Morgan fingerprint density at radius 1 is 0.957 bits per heavy atom. The predicted molar refractivity (Wildman–Crippen MR) is 88.0 cm³/mol. The number of para-hydroxylation sites is 1. The maximum Gasteiger partial charge on any atom is 0.260 e. The molecule has 0 heterocycles. The van der Waals surface area contributed by atoms with Crippen LogP contribution in [0.2, 0.25) is 0 Å². The summed E-state index contributed by atoms with van der Waals surface area (Å²) in [6.07, 6.45) is 0. The highest BCUT2D eigenvalue weighted by Gasteiger charge is 2.14. The number of likely N-dealkylation sites (N-methyl/N-ethyl adjacent to an activating group) is 1. The van der Waals surface area contributed by atoms with Gasteiger partial charge in [-0.25, -0.2) is 0 Å². The second-order valence-corrected chi connectivity index (χ2v) is 5.02. The molecule has 2 rings (SSSR count). The molecular weight excluding hydrogens is 294 g/mol. The lowest BCUT2D eigenvalue weighted by Crippen LogP contribution is -2.31. The quantitative estimate of drug-likeness (QED) is 0.788. The summed E-state index contributed by atoms with van der Waals surface area (Å²) in [6.45, 7) is 0.477. The number of rotatable bonds is 7. The molecule has 5 heteroatoms. The molecule has 1 amide bonds. The predicted octanol–water partition coefficient (Wildman–Crippen LogP) is 2.74. The zero-order chi connectivity index (χ0) is 16.7. The second-order valence-electron chi connectivity index (χ2n) is 5.02. The van der Waals surface area contributed by atoms with Crippen molar-refractivity contribution in [2.45, 2.75) is 6.54 Å². The van der Waals surface area contributed by atoms with Crippen molar-refractivity contribution in [1.29, 1.82) is 0 Å². The molecule has 122 valence electrons. The van der Waals surface area contributed by atoms with Gasteiger partial charge in [0.25, 0.3) is 5.91 Å². The Labute approximate surface area is 136 Å². The summed E-state index contributed by atoms with van der Waals surface area (Å²) in [5.74, 6) is 1.41. The highest BCUT2D eigenvalue weighted by Crippen LogP contribution is 2.36. The van der Waals surface area contributed by atoms with E-state index in [1.165, 1.54) is 7.11 Å². The zero-order valence-corrected chi connectivity index (χ0v) is 13.6. The highest BCUT2D eigenvalue weighted by molar-refractivity contribution is 5.77. The maximum absolute atomic E-state index is 12.2. The SMILES string of the molecule is COc1cccc(OCC(=O)N(C)Cc2ccccc2)c1OC. The van der Waals surface area contributed by atoms with E-state index in [0.29, 0.717) is 23.8 Å². The Balaban J connectivity index is 1.96. The molecule has 0 aliphatic carbocycles. The topological polar surface area (TPSA) is 48.0 Å². The van der Waals surface area contributed by atoms with Crippen molar-refractivity contribution in [2.24, 2.45) is 0 Å². The number of ether oxygens (including phenoxy) is 3. The van der Waals surface area contributed by atoms with Gasteiger partial charge in [0, 0.05) is 13.6 Å². The third kappa shape index (κ3) is 4.39. The molecule has 0 aliphatic heterocycles. The lowest BCUT2D eigenvalue weighted by atomic mass is 10.2. The molecule has 0 radical (unpaired) electrons. The summed E-state index contributed by atoms with van der Waals surface area (Å²) >= 11 is 0. The molecule has 0 atom stereocenters. The molecule has 0 spiro atoms. The van der Waals surface area contributed by atoms with Gasteiger partial charge in [0.2, 0.25) is 5.75 Å². The Kier molecular flexibility index (Phi) is 5.86. The van der Waals surface area contributed by atoms with Crippen LogP contribution < -0.4 is 14.2 Å². The summed E-state index contributed by atoms with van der Waals surface area (Å²) in [4.78, 5) is 13.8.